The average Bonchev–Trinajstić information content (AvgIpc) is 1.38. The maximum absolute atomic E-state index is 2.96. The molecule has 1 saturated heterocycles. The van der Waals surface area contributed by atoms with Crippen LogP contribution in [0.15, 0.2) is 315 Å². The minimum absolute atomic E-state index is 0.174. The van der Waals surface area contributed by atoms with E-state index in [0.717, 1.165) is 18.4 Å². The predicted molar refractivity (Wildman–Crippen MR) is 386 cm³/mol. The minimum Gasteiger partial charge on any atom is -0.368 e. The summed E-state index contributed by atoms with van der Waals surface area (Å²) in [7, 11) is 0. The molecular weight excluding hydrogens is 1110 g/mol. The second-order valence-corrected chi connectivity index (χ2v) is 26.7. The van der Waals surface area contributed by atoms with Crippen molar-refractivity contribution < 1.29 is 0 Å². The van der Waals surface area contributed by atoms with Gasteiger partial charge in [0.1, 0.15) is 0 Å². The van der Waals surface area contributed by atoms with Crippen molar-refractivity contribution in [3.05, 3.63) is 315 Å². The summed E-state index contributed by atoms with van der Waals surface area (Å²) in [6, 6.07) is 120. The van der Waals surface area contributed by atoms with Crippen LogP contribution in [0.5, 0.6) is 0 Å². The molecule has 0 aromatic heterocycles. The van der Waals surface area contributed by atoms with Gasteiger partial charge in [0.25, 0.3) is 6.71 Å². The van der Waals surface area contributed by atoms with E-state index < -0.39 is 0 Å². The van der Waals surface area contributed by atoms with E-state index in [2.05, 4.69) is 330 Å². The predicted octanol–water partition coefficient (Wildman–Crippen LogP) is 20.7. The van der Waals surface area contributed by atoms with Gasteiger partial charge in [-0.25, -0.2) is 0 Å². The van der Waals surface area contributed by atoms with E-state index in [-0.39, 0.29) is 6.71 Å². The summed E-state index contributed by atoms with van der Waals surface area (Å²) in [5, 5.41) is 0. The molecule has 0 amide bonds. The zero-order valence-corrected chi connectivity index (χ0v) is 51.3. The lowest BCUT2D eigenvalue weighted by Gasteiger charge is -2.68. The number of rotatable bonds is 11. The van der Waals surface area contributed by atoms with Crippen LogP contribution in [0.3, 0.4) is 0 Å². The molecule has 436 valence electrons. The van der Waals surface area contributed by atoms with Gasteiger partial charge in [0, 0.05) is 63.3 Å². The van der Waals surface area contributed by atoms with Crippen LogP contribution < -0.4 is 31.1 Å². The number of fused-ring (bicyclic) bond motifs is 4. The molecule has 7 aliphatic rings. The highest BCUT2D eigenvalue weighted by Crippen LogP contribution is 2.76. The van der Waals surface area contributed by atoms with Gasteiger partial charge in [0.15, 0.2) is 0 Å². The molecular formula is C88H66BN3. The Balaban J connectivity index is 0.986. The normalized spacial score (nSPS) is 19.3. The molecule has 13 aromatic rings. The molecule has 92 heavy (non-hydrogen) atoms. The fraction of sp³-hybridized carbons (Fsp3) is 0.114. The first kappa shape index (κ1) is 53.2. The third kappa shape index (κ3) is 8.22. The zero-order chi connectivity index (χ0) is 60.4. The largest absolute Gasteiger partial charge is 0.368 e. The monoisotopic (exact) mass is 1180 g/mol. The molecule has 4 heteroatoms. The molecule has 13 aromatic carbocycles. The van der Waals surface area contributed by atoms with Gasteiger partial charge in [-0.3, -0.25) is 0 Å². The highest BCUT2D eigenvalue weighted by atomic mass is 15.2. The van der Waals surface area contributed by atoms with Crippen LogP contribution in [0.2, 0.25) is 0 Å². The summed E-state index contributed by atoms with van der Waals surface area (Å²) >= 11 is 0. The molecule has 3 heterocycles. The van der Waals surface area contributed by atoms with Crippen LogP contribution in [-0.4, -0.2) is 19.3 Å². The third-order valence-corrected chi connectivity index (χ3v) is 22.2. The lowest BCUT2D eigenvalue weighted by atomic mass is 9.33. The van der Waals surface area contributed by atoms with Gasteiger partial charge in [-0.05, 0) is 181 Å². The molecule has 3 nitrogen and oxygen atoms in total. The van der Waals surface area contributed by atoms with Crippen molar-refractivity contribution in [3.8, 4) is 89.0 Å². The van der Waals surface area contributed by atoms with Crippen molar-refractivity contribution >= 4 is 62.9 Å². The van der Waals surface area contributed by atoms with E-state index in [1.54, 1.807) is 0 Å². The van der Waals surface area contributed by atoms with Crippen molar-refractivity contribution in [3.63, 3.8) is 0 Å². The molecule has 3 aliphatic heterocycles. The maximum Gasteiger partial charge on any atom is 0.252 e. The summed E-state index contributed by atoms with van der Waals surface area (Å²) < 4.78 is 0. The van der Waals surface area contributed by atoms with E-state index in [9.17, 15) is 0 Å². The molecule has 4 bridgehead atoms. The number of benzene rings is 13. The van der Waals surface area contributed by atoms with Gasteiger partial charge in [0.05, 0.1) is 11.4 Å². The molecule has 5 unspecified atom stereocenters. The molecule has 0 radical (unpaired) electrons. The van der Waals surface area contributed by atoms with Crippen molar-refractivity contribution in [2.24, 2.45) is 23.2 Å². The van der Waals surface area contributed by atoms with Crippen molar-refractivity contribution in [1.29, 1.82) is 0 Å². The Morgan fingerprint density at radius 3 is 1.01 bits per heavy atom. The van der Waals surface area contributed by atoms with Crippen LogP contribution in [0, 0.1) is 23.2 Å². The van der Waals surface area contributed by atoms with Crippen molar-refractivity contribution in [2.45, 2.75) is 31.7 Å². The fourth-order valence-corrected chi connectivity index (χ4v) is 18.1. The van der Waals surface area contributed by atoms with Crippen molar-refractivity contribution in [2.75, 3.05) is 21.2 Å². The van der Waals surface area contributed by atoms with Crippen LogP contribution in [0.1, 0.15) is 25.7 Å². The standard InChI is InChI=1S/C88H66BN3/c1-9-25-58(26-10-1)66-41-43-80-78(52-66)89-79-53-67(59-27-11-2-12-28-59)42-44-81(79)92(87-75(64-37-21-7-22-38-64)50-69(61-31-15-4-16-32-61)51-76(87)65-39-23-8-24-40-65)83-56-72(90-57-70-47-71-54-77(70)88(71)46-45-84(88)90)55-82(85(83)89)91(80)86-73(62-33-17-5-18-34-62)48-68(60-29-13-3-14-30-60)49-74(86)63-35-19-6-20-36-63/h1-44,48-53,55-56,70-71,77,84H,45-47,54,57H2. The van der Waals surface area contributed by atoms with E-state index in [4.69, 9.17) is 0 Å². The number of piperidine rings is 1. The first-order chi connectivity index (χ1) is 45.6. The topological polar surface area (TPSA) is 9.72 Å². The van der Waals surface area contributed by atoms with E-state index in [1.165, 1.54) is 171 Å². The number of hydrogen-bond acceptors (Lipinski definition) is 3. The quantitative estimate of drug-likeness (QED) is 0.120. The van der Waals surface area contributed by atoms with Gasteiger partial charge in [-0.15, -0.1) is 0 Å². The molecule has 4 aliphatic carbocycles. The number of anilines is 7. The Kier molecular flexibility index (Phi) is 12.3. The summed E-state index contributed by atoms with van der Waals surface area (Å²) in [5.74, 6) is 2.39. The molecule has 5 atom stereocenters. The van der Waals surface area contributed by atoms with E-state index in [1.807, 2.05) is 0 Å². The van der Waals surface area contributed by atoms with Gasteiger partial charge in [-0.2, -0.15) is 0 Å². The molecule has 0 N–H and O–H groups in total. The van der Waals surface area contributed by atoms with Gasteiger partial charge < -0.3 is 14.7 Å². The van der Waals surface area contributed by atoms with Gasteiger partial charge >= 0.3 is 0 Å². The molecule has 20 rings (SSSR count). The lowest BCUT2D eigenvalue weighted by Crippen LogP contribution is -2.68. The smallest absolute Gasteiger partial charge is 0.252 e. The number of hydrogen-bond donors (Lipinski definition) is 0. The SMILES string of the molecule is c1ccc(-c2ccc3c(c2)B2c4cc(-c5ccccc5)ccc4N(c4c(-c5ccccc5)cc(-c5ccccc5)cc4-c4ccccc4)c4cc(N5CC6CC7CC6C76CCC56)cc(c42)N3c2c(-c3ccccc3)cc(-c3ccccc3)cc2-c2ccccc2)cc1. The molecule has 5 fully saturated rings. The summed E-state index contributed by atoms with van der Waals surface area (Å²) in [5.41, 5.74) is 31.8. The van der Waals surface area contributed by atoms with Crippen LogP contribution >= 0.6 is 0 Å². The van der Waals surface area contributed by atoms with E-state index >= 15 is 0 Å². The fourth-order valence-electron chi connectivity index (χ4n) is 18.1. The summed E-state index contributed by atoms with van der Waals surface area (Å²) in [6.07, 6.45) is 5.39. The summed E-state index contributed by atoms with van der Waals surface area (Å²) in [4.78, 5) is 8.47. The van der Waals surface area contributed by atoms with Crippen molar-refractivity contribution in [1.82, 2.24) is 0 Å². The Hall–Kier alpha value is -10.7. The second-order valence-electron chi connectivity index (χ2n) is 26.7. The lowest BCUT2D eigenvalue weighted by molar-refractivity contribution is -0.112. The first-order valence-corrected chi connectivity index (χ1v) is 33.2. The van der Waals surface area contributed by atoms with Crippen LogP contribution in [0.25, 0.3) is 89.0 Å². The molecule has 4 saturated carbocycles. The summed E-state index contributed by atoms with van der Waals surface area (Å²) in [6.45, 7) is 0.919. The Bertz CT molecular complexity index is 4580. The zero-order valence-electron chi connectivity index (χ0n) is 51.3. The highest BCUT2D eigenvalue weighted by molar-refractivity contribution is 7.00. The second kappa shape index (κ2) is 21.2. The van der Waals surface area contributed by atoms with Gasteiger partial charge in [0.2, 0.25) is 0 Å². The number of nitrogens with zero attached hydrogens (tertiary/aromatic N) is 3. The van der Waals surface area contributed by atoms with Crippen LogP contribution in [-0.2, 0) is 0 Å². The Morgan fingerprint density at radius 2 is 0.663 bits per heavy atom. The first-order valence-electron chi connectivity index (χ1n) is 33.2. The highest BCUT2D eigenvalue weighted by Gasteiger charge is 2.73. The van der Waals surface area contributed by atoms with E-state index in [0.29, 0.717) is 17.4 Å². The Labute approximate surface area is 540 Å². The Morgan fingerprint density at radius 1 is 0.315 bits per heavy atom. The minimum atomic E-state index is -0.174. The van der Waals surface area contributed by atoms with Crippen LogP contribution in [0.4, 0.5) is 39.8 Å². The average molecular weight is 1180 g/mol. The maximum atomic E-state index is 2.96. The van der Waals surface area contributed by atoms with Gasteiger partial charge in [-0.1, -0.05) is 267 Å². The molecule has 1 spiro atoms. The third-order valence-electron chi connectivity index (χ3n) is 22.2.